The summed E-state index contributed by atoms with van der Waals surface area (Å²) >= 11 is 6.23. The summed E-state index contributed by atoms with van der Waals surface area (Å²) in [6.45, 7) is 2.07. The standard InChI is InChI=1S/C25H23ClF2N2O4S/c1-16(31)29-35(32,33)25-6-2-5-23-21(25)4-3-11-30(23)14-18-12-19(26)8-10-24(18)34-15-17-7-9-20(27)13-22(17)28/h2,5-10,12-13H,3-4,11,14-15H2,1H3,(H,29,31). The number of rotatable bonds is 7. The van der Waals surface area contributed by atoms with Crippen LogP contribution in [0.3, 0.4) is 0 Å². The molecule has 0 saturated heterocycles. The first-order chi connectivity index (χ1) is 16.6. The molecule has 1 N–H and O–H groups in total. The van der Waals surface area contributed by atoms with Gasteiger partial charge in [-0.3, -0.25) is 4.79 Å². The number of ether oxygens (including phenoxy) is 1. The average Bonchev–Trinajstić information content (AvgIpc) is 2.78. The number of hydrogen-bond acceptors (Lipinski definition) is 5. The summed E-state index contributed by atoms with van der Waals surface area (Å²) < 4.78 is 60.5. The zero-order valence-electron chi connectivity index (χ0n) is 18.9. The zero-order chi connectivity index (χ0) is 25.2. The molecule has 0 atom stereocenters. The van der Waals surface area contributed by atoms with E-state index in [1.54, 1.807) is 24.3 Å². The summed E-state index contributed by atoms with van der Waals surface area (Å²) in [6, 6.07) is 13.3. The van der Waals surface area contributed by atoms with Crippen LogP contribution in [0.5, 0.6) is 5.75 Å². The molecule has 184 valence electrons. The van der Waals surface area contributed by atoms with E-state index in [4.69, 9.17) is 16.3 Å². The zero-order valence-corrected chi connectivity index (χ0v) is 20.4. The number of fused-ring (bicyclic) bond motifs is 1. The molecule has 1 aliphatic rings. The largest absolute Gasteiger partial charge is 0.488 e. The Morgan fingerprint density at radius 3 is 2.66 bits per heavy atom. The van der Waals surface area contributed by atoms with Crippen LogP contribution in [0.1, 0.15) is 30.0 Å². The number of nitrogens with zero attached hydrogens (tertiary/aromatic N) is 1. The van der Waals surface area contributed by atoms with Crippen LogP contribution in [0.2, 0.25) is 5.02 Å². The summed E-state index contributed by atoms with van der Waals surface area (Å²) in [6.07, 6.45) is 1.25. The lowest BCUT2D eigenvalue weighted by atomic mass is 10.0. The maximum atomic E-state index is 14.0. The Morgan fingerprint density at radius 2 is 1.91 bits per heavy atom. The molecule has 35 heavy (non-hydrogen) atoms. The quantitative estimate of drug-likeness (QED) is 0.476. The number of benzene rings is 3. The number of carbonyl (C=O) groups is 1. The Hall–Kier alpha value is -3.17. The van der Waals surface area contributed by atoms with Gasteiger partial charge < -0.3 is 9.64 Å². The van der Waals surface area contributed by atoms with Crippen molar-refractivity contribution in [1.82, 2.24) is 4.72 Å². The third kappa shape index (κ3) is 5.74. The number of sulfonamides is 1. The molecule has 4 rings (SSSR count). The van der Waals surface area contributed by atoms with Gasteiger partial charge in [-0.1, -0.05) is 17.7 Å². The fourth-order valence-electron chi connectivity index (χ4n) is 4.14. The van der Waals surface area contributed by atoms with Gasteiger partial charge in [0, 0.05) is 47.9 Å². The van der Waals surface area contributed by atoms with Crippen LogP contribution in [0.4, 0.5) is 14.5 Å². The van der Waals surface area contributed by atoms with Crippen molar-refractivity contribution in [3.63, 3.8) is 0 Å². The summed E-state index contributed by atoms with van der Waals surface area (Å²) in [5.74, 6) is -1.54. The van der Waals surface area contributed by atoms with E-state index in [1.165, 1.54) is 18.2 Å². The van der Waals surface area contributed by atoms with E-state index >= 15 is 0 Å². The van der Waals surface area contributed by atoms with E-state index in [0.717, 1.165) is 24.2 Å². The lowest BCUT2D eigenvalue weighted by Crippen LogP contribution is -2.33. The highest BCUT2D eigenvalue weighted by Gasteiger charge is 2.27. The van der Waals surface area contributed by atoms with Crippen molar-refractivity contribution < 1.29 is 26.7 Å². The maximum absolute atomic E-state index is 14.0. The van der Waals surface area contributed by atoms with Gasteiger partial charge in [0.2, 0.25) is 5.91 Å². The van der Waals surface area contributed by atoms with Gasteiger partial charge >= 0.3 is 0 Å². The monoisotopic (exact) mass is 520 g/mol. The van der Waals surface area contributed by atoms with Crippen LogP contribution in [0.25, 0.3) is 0 Å². The molecule has 0 saturated carbocycles. The third-order valence-electron chi connectivity index (χ3n) is 5.65. The molecule has 0 unspecified atom stereocenters. The minimum atomic E-state index is -3.99. The molecule has 3 aromatic carbocycles. The minimum Gasteiger partial charge on any atom is -0.488 e. The Kier molecular flexibility index (Phi) is 7.28. The van der Waals surface area contributed by atoms with Crippen molar-refractivity contribution in [1.29, 1.82) is 0 Å². The van der Waals surface area contributed by atoms with E-state index in [1.807, 2.05) is 15.7 Å². The number of hydrogen-bond donors (Lipinski definition) is 1. The first kappa shape index (κ1) is 24.9. The predicted molar refractivity (Wildman–Crippen MR) is 129 cm³/mol. The van der Waals surface area contributed by atoms with Crippen molar-refractivity contribution in [3.05, 3.63) is 87.9 Å². The highest BCUT2D eigenvalue weighted by Crippen LogP contribution is 2.35. The molecule has 0 aromatic heterocycles. The molecule has 0 spiro atoms. The molecule has 0 bridgehead atoms. The van der Waals surface area contributed by atoms with E-state index in [0.29, 0.717) is 42.3 Å². The van der Waals surface area contributed by atoms with Gasteiger partial charge in [0.25, 0.3) is 10.0 Å². The minimum absolute atomic E-state index is 0.0734. The van der Waals surface area contributed by atoms with E-state index in [-0.39, 0.29) is 17.1 Å². The molecule has 10 heteroatoms. The van der Waals surface area contributed by atoms with Gasteiger partial charge in [0.05, 0.1) is 4.90 Å². The second-order valence-corrected chi connectivity index (χ2v) is 10.3. The summed E-state index contributed by atoms with van der Waals surface area (Å²) in [7, 11) is -3.99. The van der Waals surface area contributed by atoms with Gasteiger partial charge in [0.15, 0.2) is 0 Å². The van der Waals surface area contributed by atoms with E-state index in [2.05, 4.69) is 0 Å². The van der Waals surface area contributed by atoms with Crippen LogP contribution in [0.15, 0.2) is 59.5 Å². The van der Waals surface area contributed by atoms with Gasteiger partial charge in [-0.2, -0.15) is 0 Å². The van der Waals surface area contributed by atoms with Crippen molar-refractivity contribution >= 4 is 33.2 Å². The molecule has 0 radical (unpaired) electrons. The number of anilines is 1. The second-order valence-electron chi connectivity index (χ2n) is 8.22. The molecule has 0 fully saturated rings. The Balaban J connectivity index is 1.62. The van der Waals surface area contributed by atoms with Gasteiger partial charge in [-0.15, -0.1) is 0 Å². The fourth-order valence-corrected chi connectivity index (χ4v) is 5.61. The van der Waals surface area contributed by atoms with Crippen LogP contribution in [0, 0.1) is 11.6 Å². The van der Waals surface area contributed by atoms with Crippen molar-refractivity contribution in [3.8, 4) is 5.75 Å². The van der Waals surface area contributed by atoms with Crippen LogP contribution >= 0.6 is 11.6 Å². The lowest BCUT2D eigenvalue weighted by Gasteiger charge is -2.33. The number of halogens is 3. The average molecular weight is 521 g/mol. The predicted octanol–water partition coefficient (Wildman–Crippen LogP) is 4.97. The Morgan fingerprint density at radius 1 is 1.11 bits per heavy atom. The first-order valence-electron chi connectivity index (χ1n) is 10.9. The summed E-state index contributed by atoms with van der Waals surface area (Å²) in [4.78, 5) is 13.5. The Bertz CT molecular complexity index is 1380. The number of carbonyl (C=O) groups excluding carboxylic acids is 1. The van der Waals surface area contributed by atoms with Crippen LogP contribution in [-0.4, -0.2) is 20.9 Å². The van der Waals surface area contributed by atoms with Gasteiger partial charge in [-0.25, -0.2) is 21.9 Å². The van der Waals surface area contributed by atoms with Gasteiger partial charge in [0.1, 0.15) is 24.0 Å². The SMILES string of the molecule is CC(=O)NS(=O)(=O)c1cccc2c1CCCN2Cc1cc(Cl)ccc1OCc1ccc(F)cc1F. The number of nitrogens with one attached hydrogen (secondary N) is 1. The van der Waals surface area contributed by atoms with Gasteiger partial charge in [-0.05, 0) is 60.9 Å². The Labute approximate surface area is 207 Å². The third-order valence-corrected chi connectivity index (χ3v) is 7.41. The lowest BCUT2D eigenvalue weighted by molar-refractivity contribution is -0.117. The molecule has 0 aliphatic carbocycles. The van der Waals surface area contributed by atoms with Crippen molar-refractivity contribution in [2.45, 2.75) is 37.8 Å². The summed E-state index contributed by atoms with van der Waals surface area (Å²) in [5, 5.41) is 0.486. The molecule has 3 aromatic rings. The topological polar surface area (TPSA) is 75.7 Å². The van der Waals surface area contributed by atoms with Crippen molar-refractivity contribution in [2.75, 3.05) is 11.4 Å². The molecule has 1 heterocycles. The van der Waals surface area contributed by atoms with E-state index < -0.39 is 27.6 Å². The summed E-state index contributed by atoms with van der Waals surface area (Å²) in [5.41, 5.74) is 2.30. The fraction of sp³-hybridized carbons (Fsp3) is 0.240. The smallest absolute Gasteiger partial charge is 0.264 e. The molecular formula is C25H23ClF2N2O4S. The van der Waals surface area contributed by atoms with E-state index in [9.17, 15) is 22.0 Å². The molecule has 1 amide bonds. The second kappa shape index (κ2) is 10.2. The maximum Gasteiger partial charge on any atom is 0.264 e. The normalized spacial score (nSPS) is 13.3. The molecular weight excluding hydrogens is 498 g/mol. The van der Waals surface area contributed by atoms with Crippen LogP contribution in [-0.2, 0) is 34.4 Å². The molecule has 6 nitrogen and oxygen atoms in total. The molecule has 1 aliphatic heterocycles. The van der Waals surface area contributed by atoms with Crippen molar-refractivity contribution in [2.24, 2.45) is 0 Å². The van der Waals surface area contributed by atoms with Crippen LogP contribution < -0.4 is 14.4 Å². The highest BCUT2D eigenvalue weighted by molar-refractivity contribution is 7.90. The first-order valence-corrected chi connectivity index (χ1v) is 12.8. The number of amides is 1. The highest BCUT2D eigenvalue weighted by atomic mass is 35.5.